The van der Waals surface area contributed by atoms with Gasteiger partial charge < -0.3 is 13.7 Å². The van der Waals surface area contributed by atoms with Gasteiger partial charge in [0.1, 0.15) is 5.69 Å². The van der Waals surface area contributed by atoms with Crippen molar-refractivity contribution in [1.29, 1.82) is 0 Å². The van der Waals surface area contributed by atoms with Crippen LogP contribution in [0.1, 0.15) is 42.7 Å². The summed E-state index contributed by atoms with van der Waals surface area (Å²) >= 11 is 0. The normalized spacial score (nSPS) is 11.6. The summed E-state index contributed by atoms with van der Waals surface area (Å²) in [6, 6.07) is 1.69. The zero-order valence-electron chi connectivity index (χ0n) is 11.6. The van der Waals surface area contributed by atoms with E-state index < -0.39 is 5.97 Å². The second-order valence-corrected chi connectivity index (χ2v) is 5.27. The predicted octanol–water partition coefficient (Wildman–Crippen LogP) is 2.72. The number of ether oxygens (including phenoxy) is 1. The van der Waals surface area contributed by atoms with E-state index in [4.69, 9.17) is 13.7 Å². The molecular weight excluding hydrogens is 248 g/mol. The minimum absolute atomic E-state index is 0.0963. The molecule has 0 fully saturated rings. The third kappa shape index (κ3) is 2.52. The fourth-order valence-electron chi connectivity index (χ4n) is 1.63. The zero-order valence-corrected chi connectivity index (χ0v) is 11.6. The molecule has 0 bridgehead atoms. The number of carbonyl (C=O) groups excluding carboxylic acids is 1. The molecule has 6 heteroatoms. The highest BCUT2D eigenvalue weighted by Crippen LogP contribution is 2.30. The Balaban J connectivity index is 2.54. The molecule has 0 unspecified atom stereocenters. The number of oxazole rings is 1. The fraction of sp³-hybridized carbons (Fsp3) is 0.462. The van der Waals surface area contributed by atoms with Gasteiger partial charge in [-0.2, -0.15) is 0 Å². The van der Waals surface area contributed by atoms with E-state index in [9.17, 15) is 4.79 Å². The lowest BCUT2D eigenvalue weighted by atomic mass is 9.91. The Kier molecular flexibility index (Phi) is 3.18. The first kappa shape index (κ1) is 13.3. The molecule has 0 spiro atoms. The van der Waals surface area contributed by atoms with Gasteiger partial charge in [-0.1, -0.05) is 25.9 Å². The number of hydrogen-bond donors (Lipinski definition) is 0. The van der Waals surface area contributed by atoms with Crippen molar-refractivity contribution in [3.63, 3.8) is 0 Å². The highest BCUT2D eigenvalue weighted by molar-refractivity contribution is 5.88. The van der Waals surface area contributed by atoms with E-state index in [1.807, 2.05) is 20.8 Å². The largest absolute Gasteiger partial charge is 0.463 e. The van der Waals surface area contributed by atoms with Crippen LogP contribution in [0.5, 0.6) is 0 Å². The Bertz CT molecular complexity index is 604. The van der Waals surface area contributed by atoms with E-state index in [-0.39, 0.29) is 17.1 Å². The van der Waals surface area contributed by atoms with E-state index in [1.165, 1.54) is 7.11 Å². The number of aromatic nitrogens is 2. The molecule has 0 aromatic carbocycles. The van der Waals surface area contributed by atoms with Gasteiger partial charge in [0.15, 0.2) is 0 Å². The lowest BCUT2D eigenvalue weighted by Gasteiger charge is -2.15. The highest BCUT2D eigenvalue weighted by Gasteiger charge is 2.30. The third-order valence-electron chi connectivity index (χ3n) is 2.55. The number of esters is 1. The number of methoxy groups -OCH3 is 1. The molecule has 0 radical (unpaired) electrons. The predicted molar refractivity (Wildman–Crippen MR) is 66.8 cm³/mol. The molecule has 6 nitrogen and oxygen atoms in total. The van der Waals surface area contributed by atoms with E-state index >= 15 is 0 Å². The number of nitrogens with zero attached hydrogens (tertiary/aromatic N) is 2. The van der Waals surface area contributed by atoms with Crippen LogP contribution in [-0.4, -0.2) is 23.2 Å². The topological polar surface area (TPSA) is 78.4 Å². The minimum Gasteiger partial charge on any atom is -0.463 e. The summed E-state index contributed by atoms with van der Waals surface area (Å²) in [6.07, 6.45) is 0. The van der Waals surface area contributed by atoms with E-state index in [1.54, 1.807) is 13.0 Å². The summed E-state index contributed by atoms with van der Waals surface area (Å²) in [7, 11) is 1.30. The molecule has 0 aliphatic heterocycles. The first-order chi connectivity index (χ1) is 8.82. The summed E-state index contributed by atoms with van der Waals surface area (Å²) in [5, 5.41) is 3.77. The molecule has 2 heterocycles. The first-order valence-corrected chi connectivity index (χ1v) is 5.86. The average molecular weight is 264 g/mol. The van der Waals surface area contributed by atoms with Crippen molar-refractivity contribution in [2.24, 2.45) is 0 Å². The Morgan fingerprint density at radius 1 is 1.37 bits per heavy atom. The van der Waals surface area contributed by atoms with Crippen molar-refractivity contribution >= 4 is 5.97 Å². The molecule has 2 aromatic rings. The van der Waals surface area contributed by atoms with Gasteiger partial charge in [-0.25, -0.2) is 9.78 Å². The van der Waals surface area contributed by atoms with Crippen LogP contribution in [0.25, 0.3) is 11.7 Å². The summed E-state index contributed by atoms with van der Waals surface area (Å²) in [5.74, 6) is 0.156. The van der Waals surface area contributed by atoms with Gasteiger partial charge in [0, 0.05) is 11.5 Å². The minimum atomic E-state index is -0.556. The Labute approximate surface area is 110 Å². The van der Waals surface area contributed by atoms with Gasteiger partial charge in [0.05, 0.1) is 12.8 Å². The van der Waals surface area contributed by atoms with Crippen molar-refractivity contribution in [2.45, 2.75) is 33.1 Å². The lowest BCUT2D eigenvalue weighted by Crippen LogP contribution is -2.17. The summed E-state index contributed by atoms with van der Waals surface area (Å²) in [5.41, 5.74) is 0.897. The summed E-state index contributed by atoms with van der Waals surface area (Å²) in [6.45, 7) is 7.61. The van der Waals surface area contributed by atoms with Crippen LogP contribution in [0.4, 0.5) is 0 Å². The average Bonchev–Trinajstić information content (AvgIpc) is 2.92. The van der Waals surface area contributed by atoms with Crippen LogP contribution in [0.3, 0.4) is 0 Å². The maximum absolute atomic E-state index is 11.7. The van der Waals surface area contributed by atoms with E-state index in [0.29, 0.717) is 17.1 Å². The number of carbonyl (C=O) groups is 1. The fourth-order valence-corrected chi connectivity index (χ4v) is 1.63. The van der Waals surface area contributed by atoms with Crippen LogP contribution >= 0.6 is 0 Å². The summed E-state index contributed by atoms with van der Waals surface area (Å²) in [4.78, 5) is 16.1. The zero-order chi connectivity index (χ0) is 14.2. The molecule has 102 valence electrons. The van der Waals surface area contributed by atoms with Gasteiger partial charge >= 0.3 is 5.97 Å². The lowest BCUT2D eigenvalue weighted by molar-refractivity contribution is 0.0562. The van der Waals surface area contributed by atoms with E-state index in [2.05, 4.69) is 10.1 Å². The van der Waals surface area contributed by atoms with Gasteiger partial charge in [-0.3, -0.25) is 0 Å². The molecule has 0 saturated heterocycles. The second-order valence-electron chi connectivity index (χ2n) is 5.27. The van der Waals surface area contributed by atoms with Crippen LogP contribution in [-0.2, 0) is 10.2 Å². The number of aryl methyl sites for hydroxylation is 1. The molecule has 0 amide bonds. The SMILES string of the molecule is COC(=O)c1oc(-c2cc(C)no2)nc1C(C)(C)C. The van der Waals surface area contributed by atoms with Crippen molar-refractivity contribution in [2.75, 3.05) is 7.11 Å². The maximum atomic E-state index is 11.7. The number of rotatable bonds is 2. The molecule has 0 N–H and O–H groups in total. The molecule has 19 heavy (non-hydrogen) atoms. The van der Waals surface area contributed by atoms with Crippen molar-refractivity contribution in [3.8, 4) is 11.7 Å². The molecule has 0 aliphatic carbocycles. The second kappa shape index (κ2) is 4.53. The first-order valence-electron chi connectivity index (χ1n) is 5.86. The van der Waals surface area contributed by atoms with Gasteiger partial charge in [0.2, 0.25) is 11.5 Å². The molecule has 0 saturated carbocycles. The quantitative estimate of drug-likeness (QED) is 0.776. The Morgan fingerprint density at radius 2 is 2.05 bits per heavy atom. The summed E-state index contributed by atoms with van der Waals surface area (Å²) < 4.78 is 15.3. The van der Waals surface area contributed by atoms with Gasteiger partial charge in [-0.05, 0) is 6.92 Å². The van der Waals surface area contributed by atoms with Crippen molar-refractivity contribution in [3.05, 3.63) is 23.2 Å². The molecular formula is C13H16N2O4. The third-order valence-corrected chi connectivity index (χ3v) is 2.55. The molecule has 2 rings (SSSR count). The standard InChI is InChI=1S/C13H16N2O4/c1-7-6-8(19-15-7)11-14-10(13(2,3)4)9(18-11)12(16)17-5/h6H,1-5H3. The number of hydrogen-bond acceptors (Lipinski definition) is 6. The van der Waals surface area contributed by atoms with Gasteiger partial charge in [-0.15, -0.1) is 0 Å². The van der Waals surface area contributed by atoms with Crippen LogP contribution in [0.15, 0.2) is 15.0 Å². The monoisotopic (exact) mass is 264 g/mol. The molecule has 0 aliphatic rings. The molecule has 0 atom stereocenters. The van der Waals surface area contributed by atoms with Crippen LogP contribution < -0.4 is 0 Å². The van der Waals surface area contributed by atoms with Crippen LogP contribution in [0.2, 0.25) is 0 Å². The van der Waals surface area contributed by atoms with Crippen molar-refractivity contribution < 1.29 is 18.5 Å². The van der Waals surface area contributed by atoms with E-state index in [0.717, 1.165) is 0 Å². The highest BCUT2D eigenvalue weighted by atomic mass is 16.5. The molecule has 2 aromatic heterocycles. The van der Waals surface area contributed by atoms with Gasteiger partial charge in [0.25, 0.3) is 5.89 Å². The van der Waals surface area contributed by atoms with Crippen LogP contribution in [0, 0.1) is 6.92 Å². The maximum Gasteiger partial charge on any atom is 0.376 e. The van der Waals surface area contributed by atoms with Crippen molar-refractivity contribution in [1.82, 2.24) is 10.1 Å². The Morgan fingerprint density at radius 3 is 2.53 bits per heavy atom. The Hall–Kier alpha value is -2.11. The smallest absolute Gasteiger partial charge is 0.376 e.